The fourth-order valence-corrected chi connectivity index (χ4v) is 3.06. The Morgan fingerprint density at radius 1 is 1.25 bits per heavy atom. The van der Waals surface area contributed by atoms with Crippen LogP contribution in [-0.2, 0) is 0 Å². The van der Waals surface area contributed by atoms with E-state index in [0.717, 1.165) is 31.3 Å². The van der Waals surface area contributed by atoms with E-state index in [1.165, 1.54) is 19.3 Å². The van der Waals surface area contributed by atoms with E-state index >= 15 is 0 Å². The topological polar surface area (TPSA) is 56.8 Å². The maximum Gasteiger partial charge on any atom is 0.244 e. The highest BCUT2D eigenvalue weighted by atomic mass is 15.4. The molecule has 0 aliphatic carbocycles. The van der Waals surface area contributed by atoms with Gasteiger partial charge in [0, 0.05) is 31.1 Å². The highest BCUT2D eigenvalue weighted by Gasteiger charge is 2.24. The van der Waals surface area contributed by atoms with E-state index in [0.29, 0.717) is 18.0 Å². The molecule has 1 aromatic heterocycles. The maximum atomic E-state index is 4.76. The summed E-state index contributed by atoms with van der Waals surface area (Å²) in [5.74, 6) is 2.46. The SMILES string of the molecule is CCCCC(CC)c1nc(N2CC(C)NC(C)C2)n[nH]1. The number of nitrogens with one attached hydrogen (secondary N) is 2. The van der Waals surface area contributed by atoms with Gasteiger partial charge in [-0.05, 0) is 26.7 Å². The van der Waals surface area contributed by atoms with Gasteiger partial charge in [-0.1, -0.05) is 26.7 Å². The van der Waals surface area contributed by atoms with Crippen LogP contribution in [-0.4, -0.2) is 40.4 Å². The van der Waals surface area contributed by atoms with E-state index < -0.39 is 0 Å². The van der Waals surface area contributed by atoms with E-state index in [-0.39, 0.29) is 0 Å². The Balaban J connectivity index is 2.03. The van der Waals surface area contributed by atoms with Gasteiger partial charge in [0.15, 0.2) is 0 Å². The molecule has 2 rings (SSSR count). The molecule has 0 amide bonds. The van der Waals surface area contributed by atoms with Crippen LogP contribution in [0, 0.1) is 0 Å². The van der Waals surface area contributed by atoms with Gasteiger partial charge < -0.3 is 10.2 Å². The monoisotopic (exact) mass is 279 g/mol. The lowest BCUT2D eigenvalue weighted by Gasteiger charge is -2.35. The molecule has 1 aromatic rings. The minimum absolute atomic E-state index is 0.489. The molecule has 1 saturated heterocycles. The van der Waals surface area contributed by atoms with Crippen molar-refractivity contribution in [2.75, 3.05) is 18.0 Å². The van der Waals surface area contributed by atoms with Crippen LogP contribution in [0.5, 0.6) is 0 Å². The van der Waals surface area contributed by atoms with Gasteiger partial charge in [-0.2, -0.15) is 4.98 Å². The molecule has 5 heteroatoms. The smallest absolute Gasteiger partial charge is 0.244 e. The first-order chi connectivity index (χ1) is 9.63. The van der Waals surface area contributed by atoms with Crippen LogP contribution < -0.4 is 10.2 Å². The fourth-order valence-electron chi connectivity index (χ4n) is 3.06. The lowest BCUT2D eigenvalue weighted by molar-refractivity contribution is 0.403. The summed E-state index contributed by atoms with van der Waals surface area (Å²) in [5, 5.41) is 11.2. The van der Waals surface area contributed by atoms with Crippen LogP contribution >= 0.6 is 0 Å². The van der Waals surface area contributed by atoms with E-state index in [1.807, 2.05) is 0 Å². The third-order valence-electron chi connectivity index (χ3n) is 4.12. The van der Waals surface area contributed by atoms with Crippen LogP contribution in [0.4, 0.5) is 5.95 Å². The summed E-state index contributed by atoms with van der Waals surface area (Å²) in [6.45, 7) is 10.9. The van der Waals surface area contributed by atoms with Gasteiger partial charge in [-0.3, -0.25) is 5.10 Å². The van der Waals surface area contributed by atoms with Crippen LogP contribution in [0.3, 0.4) is 0 Å². The van der Waals surface area contributed by atoms with Gasteiger partial charge in [0.1, 0.15) is 5.82 Å². The summed E-state index contributed by atoms with van der Waals surface area (Å²) < 4.78 is 0. The third kappa shape index (κ3) is 3.72. The highest BCUT2D eigenvalue weighted by Crippen LogP contribution is 2.24. The highest BCUT2D eigenvalue weighted by molar-refractivity contribution is 5.31. The van der Waals surface area contributed by atoms with Gasteiger partial charge in [0.2, 0.25) is 5.95 Å². The maximum absolute atomic E-state index is 4.76. The zero-order chi connectivity index (χ0) is 14.5. The lowest BCUT2D eigenvalue weighted by atomic mass is 9.99. The summed E-state index contributed by atoms with van der Waals surface area (Å²) in [4.78, 5) is 7.05. The summed E-state index contributed by atoms with van der Waals surface area (Å²) in [7, 11) is 0. The minimum Gasteiger partial charge on any atom is -0.336 e. The minimum atomic E-state index is 0.489. The van der Waals surface area contributed by atoms with Crippen LogP contribution in [0.2, 0.25) is 0 Å². The van der Waals surface area contributed by atoms with Gasteiger partial charge in [0.25, 0.3) is 0 Å². The van der Waals surface area contributed by atoms with Crippen molar-refractivity contribution in [1.29, 1.82) is 0 Å². The fraction of sp³-hybridized carbons (Fsp3) is 0.867. The van der Waals surface area contributed by atoms with Gasteiger partial charge in [-0.25, -0.2) is 0 Å². The van der Waals surface area contributed by atoms with Gasteiger partial charge in [-0.15, -0.1) is 5.10 Å². The molecule has 20 heavy (non-hydrogen) atoms. The van der Waals surface area contributed by atoms with Crippen LogP contribution in [0.25, 0.3) is 0 Å². The molecule has 0 saturated carbocycles. The number of nitrogens with zero attached hydrogens (tertiary/aromatic N) is 3. The molecule has 2 N–H and O–H groups in total. The van der Waals surface area contributed by atoms with Crippen molar-refractivity contribution in [2.45, 2.75) is 71.4 Å². The first kappa shape index (κ1) is 15.3. The van der Waals surface area contributed by atoms with Crippen molar-refractivity contribution in [3.05, 3.63) is 5.82 Å². The number of hydrogen-bond acceptors (Lipinski definition) is 4. The van der Waals surface area contributed by atoms with E-state index in [4.69, 9.17) is 4.98 Å². The molecule has 2 heterocycles. The number of piperazine rings is 1. The Bertz CT molecular complexity index is 393. The molecular weight excluding hydrogens is 250 g/mol. The van der Waals surface area contributed by atoms with Crippen LogP contribution in [0.15, 0.2) is 0 Å². The molecule has 0 radical (unpaired) electrons. The largest absolute Gasteiger partial charge is 0.336 e. The summed E-state index contributed by atoms with van der Waals surface area (Å²) in [5.41, 5.74) is 0. The molecule has 5 nitrogen and oxygen atoms in total. The van der Waals surface area contributed by atoms with Crippen LogP contribution in [0.1, 0.15) is 65.1 Å². The van der Waals surface area contributed by atoms with E-state index in [2.05, 4.69) is 48.1 Å². The second kappa shape index (κ2) is 7.07. The molecule has 1 fully saturated rings. The average molecular weight is 279 g/mol. The van der Waals surface area contributed by atoms with Crippen molar-refractivity contribution in [1.82, 2.24) is 20.5 Å². The molecule has 0 bridgehead atoms. The zero-order valence-electron chi connectivity index (χ0n) is 13.3. The third-order valence-corrected chi connectivity index (χ3v) is 4.12. The van der Waals surface area contributed by atoms with Gasteiger partial charge in [0.05, 0.1) is 0 Å². The predicted molar refractivity (Wildman–Crippen MR) is 83.2 cm³/mol. The standard InChI is InChI=1S/C15H29N5/c1-5-7-8-13(6-2)14-17-15(19-18-14)20-9-11(3)16-12(4)10-20/h11-13,16H,5-10H2,1-4H3,(H,17,18,19). The molecule has 0 spiro atoms. The number of H-pyrrole nitrogens is 1. The van der Waals surface area contributed by atoms with Gasteiger partial charge >= 0.3 is 0 Å². The van der Waals surface area contributed by atoms with Crippen molar-refractivity contribution in [3.8, 4) is 0 Å². The molecule has 3 unspecified atom stereocenters. The van der Waals surface area contributed by atoms with E-state index in [1.54, 1.807) is 0 Å². The molecular formula is C15H29N5. The summed E-state index contributed by atoms with van der Waals surface area (Å²) in [6.07, 6.45) is 4.83. The Hall–Kier alpha value is -1.10. The second-order valence-electron chi connectivity index (χ2n) is 6.14. The normalized spacial score (nSPS) is 24.9. The molecule has 3 atom stereocenters. The molecule has 1 aliphatic heterocycles. The Labute approximate surface area is 122 Å². The Morgan fingerprint density at radius 3 is 2.55 bits per heavy atom. The number of aromatic nitrogens is 3. The number of aromatic amines is 1. The lowest BCUT2D eigenvalue weighted by Crippen LogP contribution is -2.54. The first-order valence-electron chi connectivity index (χ1n) is 8.07. The van der Waals surface area contributed by atoms with Crippen molar-refractivity contribution in [2.24, 2.45) is 0 Å². The van der Waals surface area contributed by atoms with Crippen molar-refractivity contribution < 1.29 is 0 Å². The second-order valence-corrected chi connectivity index (χ2v) is 6.14. The number of hydrogen-bond donors (Lipinski definition) is 2. The Kier molecular flexibility index (Phi) is 5.40. The molecule has 114 valence electrons. The molecule has 1 aliphatic rings. The summed E-state index contributed by atoms with van der Waals surface area (Å²) >= 11 is 0. The number of anilines is 1. The van der Waals surface area contributed by atoms with E-state index in [9.17, 15) is 0 Å². The quantitative estimate of drug-likeness (QED) is 0.840. The predicted octanol–water partition coefficient (Wildman–Crippen LogP) is 2.68. The van der Waals surface area contributed by atoms with Crippen molar-refractivity contribution in [3.63, 3.8) is 0 Å². The first-order valence-corrected chi connectivity index (χ1v) is 8.07. The zero-order valence-corrected chi connectivity index (χ0v) is 13.3. The Morgan fingerprint density at radius 2 is 1.95 bits per heavy atom. The average Bonchev–Trinajstić information content (AvgIpc) is 2.88. The molecule has 0 aromatic carbocycles. The number of unbranched alkanes of at least 4 members (excludes halogenated alkanes) is 1. The number of rotatable bonds is 6. The summed E-state index contributed by atoms with van der Waals surface area (Å²) in [6, 6.07) is 0.977. The van der Waals surface area contributed by atoms with Crippen molar-refractivity contribution >= 4 is 5.95 Å².